The number of hydrogen-bond acceptors (Lipinski definition) is 6. The molecule has 1 fully saturated rings. The molecule has 2 N–H and O–H groups in total. The fraction of sp³-hybridized carbons (Fsp3) is 0.400. The Labute approximate surface area is 251 Å². The molecule has 2 aliphatic rings. The summed E-state index contributed by atoms with van der Waals surface area (Å²) in [6.45, 7) is 5.38. The second kappa shape index (κ2) is 11.6. The van der Waals surface area contributed by atoms with E-state index >= 15 is 0 Å². The summed E-state index contributed by atoms with van der Waals surface area (Å²) >= 11 is 5.75. The molecule has 1 aromatic heterocycles. The molecule has 13 heteroatoms. The van der Waals surface area contributed by atoms with Gasteiger partial charge in [0.05, 0.1) is 35.6 Å². The number of nitrogens with one attached hydrogen (secondary N) is 2. The summed E-state index contributed by atoms with van der Waals surface area (Å²) in [6, 6.07) is 7.37. The normalized spacial score (nSPS) is 16.6. The van der Waals surface area contributed by atoms with E-state index in [9.17, 15) is 27.6 Å². The van der Waals surface area contributed by atoms with E-state index in [1.807, 2.05) is 13.8 Å². The monoisotopic (exact) mass is 617 g/mol. The Morgan fingerprint density at radius 2 is 1.81 bits per heavy atom. The summed E-state index contributed by atoms with van der Waals surface area (Å²) < 4.78 is 47.3. The molecular weight excluding hydrogens is 587 g/mol. The maximum Gasteiger partial charge on any atom is 0.417 e. The molecular formula is C30H31ClF3N5O4. The number of ether oxygens (including phenoxy) is 1. The number of amides is 2. The first-order valence-electron chi connectivity index (χ1n) is 13.9. The number of anilines is 1. The van der Waals surface area contributed by atoms with E-state index in [2.05, 4.69) is 10.6 Å². The van der Waals surface area contributed by atoms with Crippen molar-refractivity contribution in [3.8, 4) is 11.4 Å². The molecule has 2 amide bonds. The van der Waals surface area contributed by atoms with Crippen LogP contribution >= 0.6 is 11.6 Å². The lowest BCUT2D eigenvalue weighted by Crippen LogP contribution is -2.46. The number of hydrogen-bond donors (Lipinski definition) is 2. The zero-order valence-electron chi connectivity index (χ0n) is 24.0. The number of carbonyl (C=O) groups excluding carboxylic acids is 2. The van der Waals surface area contributed by atoms with Crippen LogP contribution in [0.4, 0.5) is 19.1 Å². The molecule has 1 atom stereocenters. The van der Waals surface area contributed by atoms with Crippen molar-refractivity contribution < 1.29 is 27.5 Å². The van der Waals surface area contributed by atoms with Crippen molar-refractivity contribution in [1.29, 1.82) is 0 Å². The summed E-state index contributed by atoms with van der Waals surface area (Å²) in [7, 11) is 1.44. The van der Waals surface area contributed by atoms with Crippen LogP contribution in [-0.2, 0) is 19.1 Å². The highest BCUT2D eigenvalue weighted by molar-refractivity contribution is 6.31. The van der Waals surface area contributed by atoms with E-state index < -0.39 is 28.7 Å². The fourth-order valence-corrected chi connectivity index (χ4v) is 5.28. The molecule has 0 saturated heterocycles. The Morgan fingerprint density at radius 1 is 1.12 bits per heavy atom. The lowest BCUT2D eigenvalue weighted by molar-refractivity contribution is -0.137. The first kappa shape index (κ1) is 30.4. The van der Waals surface area contributed by atoms with Crippen LogP contribution in [-0.4, -0.2) is 51.5 Å². The Morgan fingerprint density at radius 3 is 2.44 bits per heavy atom. The van der Waals surface area contributed by atoms with Crippen LogP contribution in [0.2, 0.25) is 5.02 Å². The van der Waals surface area contributed by atoms with E-state index in [1.54, 1.807) is 25.1 Å². The van der Waals surface area contributed by atoms with Gasteiger partial charge < -0.3 is 20.3 Å². The second-order valence-electron chi connectivity index (χ2n) is 11.1. The molecule has 9 nitrogen and oxygen atoms in total. The Balaban J connectivity index is 1.54. The van der Waals surface area contributed by atoms with Crippen molar-refractivity contribution in [1.82, 2.24) is 19.8 Å². The Hall–Kier alpha value is -4.06. The molecule has 1 saturated carbocycles. The molecule has 0 radical (unpaired) electrons. The average molecular weight is 618 g/mol. The van der Waals surface area contributed by atoms with Gasteiger partial charge in [0.25, 0.3) is 17.4 Å². The van der Waals surface area contributed by atoms with Gasteiger partial charge in [0.1, 0.15) is 5.75 Å². The number of aromatic nitrogens is 2. The van der Waals surface area contributed by atoms with Gasteiger partial charge >= 0.3 is 6.18 Å². The van der Waals surface area contributed by atoms with Crippen LogP contribution in [0.1, 0.15) is 71.1 Å². The van der Waals surface area contributed by atoms with Crippen molar-refractivity contribution in [3.63, 3.8) is 0 Å². The quantitative estimate of drug-likeness (QED) is 0.377. The van der Waals surface area contributed by atoms with E-state index in [0.717, 1.165) is 25.0 Å². The number of alkyl halides is 3. The van der Waals surface area contributed by atoms with Crippen molar-refractivity contribution in [3.05, 3.63) is 79.7 Å². The molecule has 0 spiro atoms. The van der Waals surface area contributed by atoms with Crippen molar-refractivity contribution in [2.75, 3.05) is 12.4 Å². The fourth-order valence-electron chi connectivity index (χ4n) is 5.05. The lowest BCUT2D eigenvalue weighted by Gasteiger charge is -2.35. The first-order valence-corrected chi connectivity index (χ1v) is 14.2. The van der Waals surface area contributed by atoms with E-state index in [0.29, 0.717) is 28.3 Å². The molecule has 1 aliphatic heterocycles. The SMILES string of the molecule is COc1cc(C(=O)NC2CC2)ccc1-n1c(NC(C)C)nc2c(c1=O)C[C@@H](C)N(C(=O)c1ccc(Cl)c(C(F)(F)F)c1)C2. The Kier molecular flexibility index (Phi) is 8.17. The van der Waals surface area contributed by atoms with Gasteiger partial charge in [-0.15, -0.1) is 0 Å². The number of rotatable bonds is 7. The van der Waals surface area contributed by atoms with Crippen molar-refractivity contribution in [2.24, 2.45) is 0 Å². The number of nitrogens with zero attached hydrogens (tertiary/aromatic N) is 3. The molecule has 3 aromatic rings. The minimum Gasteiger partial charge on any atom is -0.495 e. The summed E-state index contributed by atoms with van der Waals surface area (Å²) in [4.78, 5) is 46.2. The van der Waals surface area contributed by atoms with Gasteiger partial charge in [-0.05, 0) is 76.4 Å². The van der Waals surface area contributed by atoms with Crippen molar-refractivity contribution in [2.45, 2.75) is 70.9 Å². The van der Waals surface area contributed by atoms with Gasteiger partial charge in [-0.2, -0.15) is 13.2 Å². The predicted octanol–water partition coefficient (Wildman–Crippen LogP) is 5.21. The van der Waals surface area contributed by atoms with Gasteiger partial charge in [0.2, 0.25) is 5.95 Å². The van der Waals surface area contributed by atoms with E-state index in [4.69, 9.17) is 21.3 Å². The molecule has 228 valence electrons. The van der Waals surface area contributed by atoms with Crippen LogP contribution in [0.15, 0.2) is 41.2 Å². The van der Waals surface area contributed by atoms with Gasteiger partial charge in [0.15, 0.2) is 0 Å². The van der Waals surface area contributed by atoms with E-state index in [1.165, 1.54) is 22.6 Å². The first-order chi connectivity index (χ1) is 20.3. The molecule has 1 aliphatic carbocycles. The van der Waals surface area contributed by atoms with Crippen LogP contribution in [0.3, 0.4) is 0 Å². The summed E-state index contributed by atoms with van der Waals surface area (Å²) in [6.07, 6.45) is -2.72. The standard InChI is InChI=1S/C30H31ClF3N5O4/c1-15(2)35-29-37-23-14-38(27(41)18-5-9-22(31)21(12-18)30(32,33)34)16(3)11-20(23)28(42)39(29)24-10-6-17(13-25(24)43-4)26(40)36-19-7-8-19/h5-6,9-10,12-13,15-16,19H,7-8,11,14H2,1-4H3,(H,35,37)(H,36,40)/t16-/m1/s1. The highest BCUT2D eigenvalue weighted by Gasteiger charge is 2.36. The minimum absolute atomic E-state index is 0.0838. The summed E-state index contributed by atoms with van der Waals surface area (Å²) in [5, 5.41) is 5.61. The molecule has 2 heterocycles. The van der Waals surface area contributed by atoms with Crippen LogP contribution < -0.4 is 20.9 Å². The minimum atomic E-state index is -4.72. The number of fused-ring (bicyclic) bond motifs is 1. The zero-order valence-corrected chi connectivity index (χ0v) is 24.8. The Bertz CT molecular complexity index is 1650. The third-order valence-corrected chi connectivity index (χ3v) is 7.74. The highest BCUT2D eigenvalue weighted by atomic mass is 35.5. The molecule has 0 bridgehead atoms. The highest BCUT2D eigenvalue weighted by Crippen LogP contribution is 2.36. The third-order valence-electron chi connectivity index (χ3n) is 7.41. The van der Waals surface area contributed by atoms with Crippen LogP contribution in [0.5, 0.6) is 5.75 Å². The molecule has 2 aromatic carbocycles. The number of halogens is 4. The zero-order chi connectivity index (χ0) is 31.2. The molecule has 5 rings (SSSR count). The molecule has 0 unspecified atom stereocenters. The molecule has 43 heavy (non-hydrogen) atoms. The largest absolute Gasteiger partial charge is 0.495 e. The summed E-state index contributed by atoms with van der Waals surface area (Å²) in [5.41, 5.74) is -0.178. The van der Waals surface area contributed by atoms with Gasteiger partial charge in [-0.25, -0.2) is 9.55 Å². The maximum atomic E-state index is 14.0. The number of carbonyl (C=O) groups is 2. The van der Waals surface area contributed by atoms with Gasteiger partial charge in [0, 0.05) is 34.8 Å². The topological polar surface area (TPSA) is 106 Å². The lowest BCUT2D eigenvalue weighted by atomic mass is 9.98. The predicted molar refractivity (Wildman–Crippen MR) is 155 cm³/mol. The van der Waals surface area contributed by atoms with E-state index in [-0.39, 0.29) is 48.0 Å². The van der Waals surface area contributed by atoms with Crippen LogP contribution in [0.25, 0.3) is 5.69 Å². The van der Waals surface area contributed by atoms with Gasteiger partial charge in [-0.3, -0.25) is 14.4 Å². The smallest absolute Gasteiger partial charge is 0.417 e. The third kappa shape index (κ3) is 6.20. The average Bonchev–Trinajstić information content (AvgIpc) is 3.76. The number of benzene rings is 2. The second-order valence-corrected chi connectivity index (χ2v) is 11.5. The van der Waals surface area contributed by atoms with Crippen molar-refractivity contribution >= 4 is 29.4 Å². The van der Waals surface area contributed by atoms with Crippen LogP contribution in [0, 0.1) is 0 Å². The number of methoxy groups -OCH3 is 1. The van der Waals surface area contributed by atoms with Gasteiger partial charge in [-0.1, -0.05) is 11.6 Å². The maximum absolute atomic E-state index is 14.0. The summed E-state index contributed by atoms with van der Waals surface area (Å²) in [5.74, 6) is -0.375.